The van der Waals surface area contributed by atoms with E-state index in [1.165, 1.54) is 0 Å². The minimum atomic E-state index is 0.276. The first-order valence-corrected chi connectivity index (χ1v) is 7.27. The summed E-state index contributed by atoms with van der Waals surface area (Å²) < 4.78 is 5.62. The van der Waals surface area contributed by atoms with E-state index in [1.807, 2.05) is 0 Å². The van der Waals surface area contributed by atoms with Crippen molar-refractivity contribution in [3.8, 4) is 5.75 Å². The molecule has 1 aromatic carbocycles. The van der Waals surface area contributed by atoms with Crippen LogP contribution < -0.4 is 4.74 Å². The maximum Gasteiger partial charge on any atom is 0.156 e. The maximum absolute atomic E-state index is 8.69. The molecule has 1 N–H and O–H groups in total. The Morgan fingerprint density at radius 1 is 1.11 bits per heavy atom. The molecule has 0 atom stereocenters. The molecule has 0 aromatic heterocycles. The molecule has 0 aliphatic rings. The van der Waals surface area contributed by atoms with Crippen molar-refractivity contribution in [2.75, 3.05) is 33.4 Å². The molecule has 0 bridgehead atoms. The van der Waals surface area contributed by atoms with Crippen LogP contribution in [0, 0.1) is 0 Å². The lowest BCUT2D eigenvalue weighted by atomic mass is 10.2. The first-order chi connectivity index (χ1) is 9.15. The summed E-state index contributed by atoms with van der Waals surface area (Å²) in [6.07, 6.45) is 3.02. The molecule has 0 spiro atoms. The molecule has 0 unspecified atom stereocenters. The highest BCUT2D eigenvalue weighted by molar-refractivity contribution is 6.37. The van der Waals surface area contributed by atoms with Gasteiger partial charge in [-0.05, 0) is 45.0 Å². The van der Waals surface area contributed by atoms with Crippen LogP contribution in [0.2, 0.25) is 10.0 Å². The smallest absolute Gasteiger partial charge is 0.156 e. The molecular weight excluding hydrogens is 285 g/mol. The summed E-state index contributed by atoms with van der Waals surface area (Å²) in [5.74, 6) is 0.555. The van der Waals surface area contributed by atoms with Crippen LogP contribution in [0.5, 0.6) is 5.75 Å². The first kappa shape index (κ1) is 16.6. The van der Waals surface area contributed by atoms with Crippen molar-refractivity contribution < 1.29 is 9.84 Å². The zero-order valence-corrected chi connectivity index (χ0v) is 12.8. The van der Waals surface area contributed by atoms with E-state index >= 15 is 0 Å². The van der Waals surface area contributed by atoms with Gasteiger partial charge in [-0.3, -0.25) is 0 Å². The van der Waals surface area contributed by atoms with Crippen LogP contribution in [0.4, 0.5) is 0 Å². The lowest BCUT2D eigenvalue weighted by Crippen LogP contribution is -2.25. The van der Waals surface area contributed by atoms with Crippen LogP contribution >= 0.6 is 23.2 Å². The number of nitrogens with zero attached hydrogens (tertiary/aromatic N) is 1. The van der Waals surface area contributed by atoms with Crippen LogP contribution in [0.25, 0.3) is 0 Å². The third-order valence-electron chi connectivity index (χ3n) is 2.84. The third-order valence-corrected chi connectivity index (χ3v) is 3.43. The van der Waals surface area contributed by atoms with Gasteiger partial charge in [0.2, 0.25) is 0 Å². The topological polar surface area (TPSA) is 32.7 Å². The first-order valence-electron chi connectivity index (χ1n) is 6.51. The van der Waals surface area contributed by atoms with Gasteiger partial charge in [0.05, 0.1) is 10.0 Å². The van der Waals surface area contributed by atoms with Crippen LogP contribution in [0.15, 0.2) is 18.2 Å². The Morgan fingerprint density at radius 2 is 1.79 bits per heavy atom. The van der Waals surface area contributed by atoms with Gasteiger partial charge < -0.3 is 14.7 Å². The fourth-order valence-corrected chi connectivity index (χ4v) is 2.21. The summed E-state index contributed by atoms with van der Waals surface area (Å²) in [5.41, 5.74) is 0. The summed E-state index contributed by atoms with van der Waals surface area (Å²) in [4.78, 5) is 2.20. The molecule has 19 heavy (non-hydrogen) atoms. The zero-order valence-electron chi connectivity index (χ0n) is 11.2. The van der Waals surface area contributed by atoms with Gasteiger partial charge in [-0.25, -0.2) is 0 Å². The zero-order chi connectivity index (χ0) is 14.1. The average molecular weight is 306 g/mol. The second-order valence-electron chi connectivity index (χ2n) is 4.49. The summed E-state index contributed by atoms with van der Waals surface area (Å²) in [6, 6.07) is 5.33. The molecule has 1 rings (SSSR count). The Morgan fingerprint density at radius 3 is 2.42 bits per heavy atom. The highest BCUT2D eigenvalue weighted by Gasteiger charge is 2.06. The van der Waals surface area contributed by atoms with Crippen molar-refractivity contribution in [1.82, 2.24) is 4.90 Å². The van der Waals surface area contributed by atoms with Crippen molar-refractivity contribution in [3.63, 3.8) is 0 Å². The fourth-order valence-electron chi connectivity index (χ4n) is 1.71. The molecule has 5 heteroatoms. The Labute approximate surface area is 125 Å². The molecule has 0 saturated heterocycles. The van der Waals surface area contributed by atoms with E-state index in [0.29, 0.717) is 22.4 Å². The van der Waals surface area contributed by atoms with E-state index in [2.05, 4.69) is 11.9 Å². The summed E-state index contributed by atoms with van der Waals surface area (Å²) in [7, 11) is 2.05. The number of hydrogen-bond acceptors (Lipinski definition) is 3. The van der Waals surface area contributed by atoms with Gasteiger partial charge >= 0.3 is 0 Å². The molecule has 0 amide bonds. The van der Waals surface area contributed by atoms with Gasteiger partial charge in [0.25, 0.3) is 0 Å². The number of likely N-dealkylation sites (N-methyl/N-ethyl adjacent to an activating group) is 1. The highest BCUT2D eigenvalue weighted by atomic mass is 35.5. The number of aliphatic hydroxyl groups is 1. The normalized spacial score (nSPS) is 11.0. The minimum Gasteiger partial charge on any atom is -0.489 e. The predicted molar refractivity (Wildman–Crippen MR) is 80.4 cm³/mol. The van der Waals surface area contributed by atoms with Gasteiger partial charge in [0, 0.05) is 13.2 Å². The number of para-hydroxylation sites is 1. The second kappa shape index (κ2) is 9.43. The Kier molecular flexibility index (Phi) is 8.22. The molecule has 0 fully saturated rings. The van der Waals surface area contributed by atoms with Gasteiger partial charge in [0.1, 0.15) is 6.61 Å². The Balaban J connectivity index is 2.22. The van der Waals surface area contributed by atoms with Gasteiger partial charge in [0.15, 0.2) is 5.75 Å². The largest absolute Gasteiger partial charge is 0.489 e. The van der Waals surface area contributed by atoms with E-state index < -0.39 is 0 Å². The summed E-state index contributed by atoms with van der Waals surface area (Å²) in [5, 5.41) is 9.77. The predicted octanol–water partition coefficient (Wildman–Crippen LogP) is 3.47. The number of unbranched alkanes of at least 4 members (excludes halogenated alkanes) is 2. The molecule has 3 nitrogen and oxygen atoms in total. The molecule has 0 heterocycles. The number of halogens is 2. The van der Waals surface area contributed by atoms with E-state index in [4.69, 9.17) is 33.0 Å². The average Bonchev–Trinajstić information content (AvgIpc) is 2.38. The molecule has 108 valence electrons. The molecule has 1 aromatic rings. The van der Waals surface area contributed by atoms with E-state index in [-0.39, 0.29) is 6.61 Å². The number of rotatable bonds is 9. The van der Waals surface area contributed by atoms with Crippen molar-refractivity contribution >= 4 is 23.2 Å². The molecular formula is C14H21Cl2NO2. The molecule has 0 aliphatic heterocycles. The minimum absolute atomic E-state index is 0.276. The van der Waals surface area contributed by atoms with Crippen molar-refractivity contribution in [2.45, 2.75) is 19.3 Å². The number of hydrogen-bond donors (Lipinski definition) is 1. The highest BCUT2D eigenvalue weighted by Crippen LogP contribution is 2.32. The van der Waals surface area contributed by atoms with Crippen LogP contribution in [-0.4, -0.2) is 43.4 Å². The fraction of sp³-hybridized carbons (Fsp3) is 0.571. The summed E-state index contributed by atoms with van der Waals surface area (Å²) in [6.45, 7) is 2.65. The van der Waals surface area contributed by atoms with Crippen LogP contribution in [0.3, 0.4) is 0 Å². The quantitative estimate of drug-likeness (QED) is 0.709. The van der Waals surface area contributed by atoms with Crippen LogP contribution in [0.1, 0.15) is 19.3 Å². The maximum atomic E-state index is 8.69. The van der Waals surface area contributed by atoms with Crippen molar-refractivity contribution in [1.29, 1.82) is 0 Å². The third kappa shape index (κ3) is 6.48. The Bertz CT molecular complexity index is 354. The molecule has 0 radical (unpaired) electrons. The van der Waals surface area contributed by atoms with Crippen LogP contribution in [-0.2, 0) is 0 Å². The lowest BCUT2D eigenvalue weighted by Gasteiger charge is -2.17. The van der Waals surface area contributed by atoms with Crippen molar-refractivity contribution in [2.24, 2.45) is 0 Å². The number of benzene rings is 1. The van der Waals surface area contributed by atoms with Gasteiger partial charge in [-0.15, -0.1) is 0 Å². The second-order valence-corrected chi connectivity index (χ2v) is 5.30. The van der Waals surface area contributed by atoms with Crippen molar-refractivity contribution in [3.05, 3.63) is 28.2 Å². The number of aliphatic hydroxyl groups excluding tert-OH is 1. The van der Waals surface area contributed by atoms with E-state index in [1.54, 1.807) is 18.2 Å². The Hall–Kier alpha value is -0.480. The van der Waals surface area contributed by atoms with Gasteiger partial charge in [-0.2, -0.15) is 0 Å². The summed E-state index contributed by atoms with van der Waals surface area (Å²) >= 11 is 12.0. The molecule has 0 aliphatic carbocycles. The standard InChI is InChI=1S/C14H21Cl2NO2/c1-17(8-3-2-4-10-18)9-11-19-14-12(15)6-5-7-13(14)16/h5-7,18H,2-4,8-11H2,1H3. The van der Waals surface area contributed by atoms with E-state index in [0.717, 1.165) is 32.4 Å². The monoisotopic (exact) mass is 305 g/mol. The van der Waals surface area contributed by atoms with Gasteiger partial charge in [-0.1, -0.05) is 29.3 Å². The van der Waals surface area contributed by atoms with E-state index in [9.17, 15) is 0 Å². The lowest BCUT2D eigenvalue weighted by molar-refractivity contribution is 0.230. The molecule has 0 saturated carbocycles. The SMILES string of the molecule is CN(CCCCCO)CCOc1c(Cl)cccc1Cl. The number of ether oxygens (including phenoxy) is 1.